The lowest BCUT2D eigenvalue weighted by Crippen LogP contribution is -2.46. The first kappa shape index (κ1) is 31.3. The van der Waals surface area contributed by atoms with Crippen LogP contribution < -0.4 is 15.8 Å². The second-order valence-electron chi connectivity index (χ2n) is 13.6. The Morgan fingerprint density at radius 1 is 0.620 bits per heavy atom. The van der Waals surface area contributed by atoms with Crippen molar-refractivity contribution < 1.29 is 9.76 Å². The summed E-state index contributed by atoms with van der Waals surface area (Å²) in [5, 5.41) is 14.4. The molecule has 5 aromatic carbocycles. The summed E-state index contributed by atoms with van der Waals surface area (Å²) in [6.45, 7) is 5.64. The van der Waals surface area contributed by atoms with E-state index < -0.39 is 6.92 Å². The van der Waals surface area contributed by atoms with Gasteiger partial charge in [-0.1, -0.05) is 124 Å². The topological polar surface area (TPSA) is 60.2 Å². The van der Waals surface area contributed by atoms with Crippen molar-refractivity contribution in [2.75, 3.05) is 0 Å². The highest BCUT2D eigenvalue weighted by molar-refractivity contribution is 6.80. The molecule has 0 saturated heterocycles. The van der Waals surface area contributed by atoms with Gasteiger partial charge in [0.2, 0.25) is 5.88 Å². The summed E-state index contributed by atoms with van der Waals surface area (Å²) >= 11 is 0. The Morgan fingerprint density at radius 3 is 1.96 bits per heavy atom. The van der Waals surface area contributed by atoms with Crippen molar-refractivity contribution in [2.24, 2.45) is 0 Å². The highest BCUT2D eigenvalue weighted by Gasteiger charge is 2.27. The smallest absolute Gasteiger partial charge is 0.379 e. The summed E-state index contributed by atoms with van der Waals surface area (Å²) in [6, 6.07) is 50.8. The first-order valence-electron chi connectivity index (χ1n) is 16.9. The summed E-state index contributed by atoms with van der Waals surface area (Å²) in [6.07, 6.45) is 1.89. The molecular weight excluding hydrogens is 613 g/mol. The van der Waals surface area contributed by atoms with E-state index in [4.69, 9.17) is 14.7 Å². The maximum absolute atomic E-state index is 12.1. The summed E-state index contributed by atoms with van der Waals surface area (Å²) < 4.78 is 8.65. The van der Waals surface area contributed by atoms with Gasteiger partial charge in [0, 0.05) is 34.7 Å². The van der Waals surface area contributed by atoms with E-state index in [9.17, 15) is 5.02 Å². The van der Waals surface area contributed by atoms with Crippen LogP contribution in [0.4, 0.5) is 0 Å². The van der Waals surface area contributed by atoms with Crippen molar-refractivity contribution in [3.63, 3.8) is 0 Å². The van der Waals surface area contributed by atoms with Gasteiger partial charge in [-0.25, -0.2) is 9.97 Å². The van der Waals surface area contributed by atoms with Gasteiger partial charge in [-0.15, -0.1) is 0 Å². The molecule has 8 aromatic rings. The van der Waals surface area contributed by atoms with Gasteiger partial charge in [-0.3, -0.25) is 4.57 Å². The van der Waals surface area contributed by atoms with Crippen LogP contribution in [0.1, 0.15) is 26.3 Å². The molecular formula is C44H36BN3O2. The molecule has 0 aliphatic carbocycles. The lowest BCUT2D eigenvalue weighted by Gasteiger charge is -2.20. The molecule has 0 spiro atoms. The number of hydrogen-bond acceptors (Lipinski definition) is 4. The zero-order chi connectivity index (χ0) is 34.2. The first-order valence-corrected chi connectivity index (χ1v) is 16.9. The zero-order valence-electron chi connectivity index (χ0n) is 28.3. The van der Waals surface area contributed by atoms with Crippen molar-refractivity contribution in [1.29, 1.82) is 0 Å². The Morgan fingerprint density at radius 2 is 1.26 bits per heavy atom. The summed E-state index contributed by atoms with van der Waals surface area (Å²) in [5.41, 5.74) is 8.52. The average molecular weight is 650 g/mol. The SMILES string of the molecule is CC(C)(C)c1ccnc(-n2c3ccccc3c3ccc(Oc4cccc(B(O)c5c(-c6ccccc6)cccc5-c5ccccc5)n4)cc32)c1. The van der Waals surface area contributed by atoms with Gasteiger partial charge in [0.1, 0.15) is 11.6 Å². The van der Waals surface area contributed by atoms with Crippen molar-refractivity contribution >= 4 is 39.8 Å². The van der Waals surface area contributed by atoms with Crippen LogP contribution in [-0.4, -0.2) is 26.5 Å². The van der Waals surface area contributed by atoms with Gasteiger partial charge >= 0.3 is 6.92 Å². The molecule has 0 unspecified atom stereocenters. The van der Waals surface area contributed by atoms with Crippen molar-refractivity contribution in [1.82, 2.24) is 14.5 Å². The molecule has 5 nitrogen and oxygen atoms in total. The number of hydrogen-bond donors (Lipinski definition) is 1. The first-order chi connectivity index (χ1) is 24.3. The van der Waals surface area contributed by atoms with Crippen LogP contribution in [0.15, 0.2) is 158 Å². The molecule has 0 atom stereocenters. The molecule has 1 N–H and O–H groups in total. The third-order valence-electron chi connectivity index (χ3n) is 9.28. The summed E-state index contributed by atoms with van der Waals surface area (Å²) in [5.74, 6) is 1.90. The van der Waals surface area contributed by atoms with Crippen molar-refractivity contribution in [2.45, 2.75) is 26.2 Å². The van der Waals surface area contributed by atoms with E-state index in [1.165, 1.54) is 5.56 Å². The minimum atomic E-state index is -1.00. The van der Waals surface area contributed by atoms with E-state index in [1.807, 2.05) is 79.0 Å². The lowest BCUT2D eigenvalue weighted by molar-refractivity contribution is 0.464. The second kappa shape index (κ2) is 12.8. The lowest BCUT2D eigenvalue weighted by atomic mass is 9.54. The van der Waals surface area contributed by atoms with Crippen LogP contribution in [0.2, 0.25) is 0 Å². The fourth-order valence-corrected chi connectivity index (χ4v) is 6.78. The number of benzene rings is 5. The second-order valence-corrected chi connectivity index (χ2v) is 13.6. The van der Waals surface area contributed by atoms with Gasteiger partial charge in [0.15, 0.2) is 0 Å². The highest BCUT2D eigenvalue weighted by Crippen LogP contribution is 2.35. The van der Waals surface area contributed by atoms with Crippen LogP contribution in [0, 0.1) is 0 Å². The number of pyridine rings is 2. The van der Waals surface area contributed by atoms with Crippen LogP contribution >= 0.6 is 0 Å². The van der Waals surface area contributed by atoms with Crippen LogP contribution in [0.25, 0.3) is 49.9 Å². The Bertz CT molecular complexity index is 2410. The largest absolute Gasteiger partial charge is 0.442 e. The van der Waals surface area contributed by atoms with Gasteiger partial charge in [0.25, 0.3) is 0 Å². The number of rotatable bonds is 7. The van der Waals surface area contributed by atoms with E-state index >= 15 is 0 Å². The predicted octanol–water partition coefficient (Wildman–Crippen LogP) is 9.10. The molecule has 242 valence electrons. The average Bonchev–Trinajstić information content (AvgIpc) is 3.48. The Balaban J connectivity index is 1.20. The third kappa shape index (κ3) is 5.84. The van der Waals surface area contributed by atoms with E-state index in [1.54, 1.807) is 0 Å². The van der Waals surface area contributed by atoms with Gasteiger partial charge < -0.3 is 9.76 Å². The van der Waals surface area contributed by atoms with Gasteiger partial charge in [-0.05, 0) is 75.1 Å². The number of para-hydroxylation sites is 1. The molecule has 0 saturated carbocycles. The van der Waals surface area contributed by atoms with Crippen molar-refractivity contribution in [3.05, 3.63) is 163 Å². The van der Waals surface area contributed by atoms with Gasteiger partial charge in [0.05, 0.1) is 11.0 Å². The van der Waals surface area contributed by atoms with E-state index in [0.717, 1.165) is 55.3 Å². The minimum absolute atomic E-state index is 0.0184. The normalized spacial score (nSPS) is 11.6. The molecule has 8 rings (SSSR count). The standard InChI is InChI=1S/C44H36BN3O2/c1-44(2,3)32-26-27-46-41(28-32)48-38-21-11-10-18-36(38)37-25-24-33(29-39(37)48)50-42-23-13-22-40(47-42)45(49)43-34(30-14-6-4-7-15-30)19-12-20-35(43)31-16-8-5-9-17-31/h4-29,49H,1-3H3. The molecule has 0 radical (unpaired) electrons. The number of nitrogens with zero attached hydrogens (tertiary/aromatic N) is 3. The van der Waals surface area contributed by atoms with Crippen LogP contribution in [-0.2, 0) is 5.41 Å². The van der Waals surface area contributed by atoms with E-state index in [-0.39, 0.29) is 5.41 Å². The number of ether oxygens (including phenoxy) is 1. The fraction of sp³-hybridized carbons (Fsp3) is 0.0909. The molecule has 0 bridgehead atoms. The Kier molecular flexibility index (Phi) is 8.02. The predicted molar refractivity (Wildman–Crippen MR) is 206 cm³/mol. The summed E-state index contributed by atoms with van der Waals surface area (Å²) in [4.78, 5) is 9.67. The van der Waals surface area contributed by atoms with E-state index in [0.29, 0.717) is 17.2 Å². The number of aromatic nitrogens is 3. The van der Waals surface area contributed by atoms with Crippen molar-refractivity contribution in [3.8, 4) is 39.7 Å². The molecule has 0 fully saturated rings. The van der Waals surface area contributed by atoms with Crippen LogP contribution in [0.3, 0.4) is 0 Å². The Hall–Kier alpha value is -5.98. The fourth-order valence-electron chi connectivity index (χ4n) is 6.78. The maximum Gasteiger partial charge on any atom is 0.379 e. The molecule has 0 amide bonds. The minimum Gasteiger partial charge on any atom is -0.442 e. The maximum atomic E-state index is 12.1. The third-order valence-corrected chi connectivity index (χ3v) is 9.28. The van der Waals surface area contributed by atoms with E-state index in [2.05, 4.69) is 104 Å². The summed E-state index contributed by atoms with van der Waals surface area (Å²) in [7, 11) is 0. The molecule has 3 heterocycles. The highest BCUT2D eigenvalue weighted by atomic mass is 16.5. The van der Waals surface area contributed by atoms with Crippen LogP contribution in [0.5, 0.6) is 11.6 Å². The number of fused-ring (bicyclic) bond motifs is 3. The Labute approximate surface area is 292 Å². The molecule has 6 heteroatoms. The zero-order valence-corrected chi connectivity index (χ0v) is 28.3. The molecule has 0 aliphatic heterocycles. The quantitative estimate of drug-likeness (QED) is 0.175. The molecule has 0 aliphatic rings. The monoisotopic (exact) mass is 649 g/mol. The molecule has 50 heavy (non-hydrogen) atoms. The van der Waals surface area contributed by atoms with Gasteiger partial charge in [-0.2, -0.15) is 0 Å². The molecule has 3 aromatic heterocycles.